The van der Waals surface area contributed by atoms with Crippen LogP contribution in [0.25, 0.3) is 0 Å². The van der Waals surface area contributed by atoms with Gasteiger partial charge in [0.05, 0.1) is 18.2 Å². The number of nitrogens with zero attached hydrogens (tertiary/aromatic N) is 2. The van der Waals surface area contributed by atoms with Gasteiger partial charge in [0.25, 0.3) is 0 Å². The lowest BCUT2D eigenvalue weighted by Crippen LogP contribution is -2.06. The molecule has 0 spiro atoms. The molecule has 0 amide bonds. The van der Waals surface area contributed by atoms with Gasteiger partial charge in [0.15, 0.2) is 0 Å². The van der Waals surface area contributed by atoms with Crippen molar-refractivity contribution in [3.8, 4) is 6.07 Å². The van der Waals surface area contributed by atoms with E-state index >= 15 is 0 Å². The average molecular weight is 212 g/mol. The smallest absolute Gasteiger partial charge is 0.351 e. The molecule has 1 aliphatic heterocycles. The van der Waals surface area contributed by atoms with Crippen LogP contribution in [0.1, 0.15) is 5.56 Å². The van der Waals surface area contributed by atoms with Crippen molar-refractivity contribution in [3.63, 3.8) is 0 Å². The predicted molar refractivity (Wildman–Crippen MR) is 48.2 cm³/mol. The maximum atomic E-state index is 12.3. The summed E-state index contributed by atoms with van der Waals surface area (Å²) in [5.74, 6) is 0. The lowest BCUT2D eigenvalue weighted by Gasteiger charge is -2.09. The van der Waals surface area contributed by atoms with Crippen LogP contribution in [0.3, 0.4) is 0 Å². The number of rotatable bonds is 1. The first kappa shape index (κ1) is 9.84. The molecule has 2 rings (SSSR count). The van der Waals surface area contributed by atoms with Gasteiger partial charge in [-0.15, -0.1) is 0 Å². The second-order valence-electron chi connectivity index (χ2n) is 3.35. The monoisotopic (exact) mass is 212 g/mol. The fraction of sp³-hybridized carbons (Fsp3) is 0.300. The third-order valence-corrected chi connectivity index (χ3v) is 2.27. The summed E-state index contributed by atoms with van der Waals surface area (Å²) in [6, 6.07) is 6.74. The molecule has 1 atom stereocenters. The quantitative estimate of drug-likeness (QED) is 0.668. The molecule has 1 aromatic carbocycles. The molecule has 78 valence electrons. The fourth-order valence-corrected chi connectivity index (χ4v) is 1.40. The standard InChI is InChI=1S/C10H7F3N2/c11-10(12,13)7-2-1-3-8(4-7)15-6-9(15)5-14/h1-4,9H,6H2. The Labute approximate surface area is 84.5 Å². The highest BCUT2D eigenvalue weighted by atomic mass is 19.4. The van der Waals surface area contributed by atoms with Gasteiger partial charge in [0, 0.05) is 5.69 Å². The zero-order chi connectivity index (χ0) is 11.1. The molecule has 0 bridgehead atoms. The van der Waals surface area contributed by atoms with Crippen molar-refractivity contribution >= 4 is 5.69 Å². The number of halogens is 3. The van der Waals surface area contributed by atoms with Crippen LogP contribution < -0.4 is 4.90 Å². The highest BCUT2D eigenvalue weighted by Crippen LogP contribution is 2.34. The Balaban J connectivity index is 2.26. The van der Waals surface area contributed by atoms with Crippen LogP contribution in [0.2, 0.25) is 0 Å². The molecule has 1 fully saturated rings. The molecule has 2 nitrogen and oxygen atoms in total. The van der Waals surface area contributed by atoms with Crippen molar-refractivity contribution in [2.24, 2.45) is 0 Å². The minimum Gasteiger partial charge on any atom is -0.351 e. The SMILES string of the molecule is N#CC1CN1c1cccc(C(F)(F)F)c1. The number of benzene rings is 1. The first-order chi connectivity index (χ1) is 7.02. The Morgan fingerprint density at radius 1 is 1.40 bits per heavy atom. The lowest BCUT2D eigenvalue weighted by molar-refractivity contribution is -0.137. The van der Waals surface area contributed by atoms with Gasteiger partial charge in [-0.25, -0.2) is 0 Å². The van der Waals surface area contributed by atoms with Crippen molar-refractivity contribution in [1.82, 2.24) is 0 Å². The molecule has 0 aliphatic carbocycles. The maximum Gasteiger partial charge on any atom is 0.416 e. The van der Waals surface area contributed by atoms with Crippen molar-refractivity contribution in [2.45, 2.75) is 12.2 Å². The van der Waals surface area contributed by atoms with Crippen LogP contribution in [0.15, 0.2) is 24.3 Å². The van der Waals surface area contributed by atoms with Crippen molar-refractivity contribution in [2.75, 3.05) is 11.4 Å². The summed E-state index contributed by atoms with van der Waals surface area (Å²) in [4.78, 5) is 1.62. The average Bonchev–Trinajstić information content (AvgIpc) is 2.95. The first-order valence-corrected chi connectivity index (χ1v) is 4.36. The molecule has 1 unspecified atom stereocenters. The zero-order valence-corrected chi connectivity index (χ0v) is 7.62. The highest BCUT2D eigenvalue weighted by molar-refractivity contribution is 5.57. The van der Waals surface area contributed by atoms with Gasteiger partial charge in [-0.05, 0) is 18.2 Å². The molecule has 0 aromatic heterocycles. The van der Waals surface area contributed by atoms with E-state index in [9.17, 15) is 13.2 Å². The molecule has 1 heterocycles. The topological polar surface area (TPSA) is 26.8 Å². The minimum atomic E-state index is -4.33. The second kappa shape index (κ2) is 3.16. The molecular weight excluding hydrogens is 205 g/mol. The van der Waals surface area contributed by atoms with E-state index in [1.807, 2.05) is 6.07 Å². The summed E-state index contributed by atoms with van der Waals surface area (Å²) >= 11 is 0. The summed E-state index contributed by atoms with van der Waals surface area (Å²) in [7, 11) is 0. The van der Waals surface area contributed by atoms with E-state index in [1.165, 1.54) is 6.07 Å². The molecule has 0 saturated carbocycles. The van der Waals surface area contributed by atoms with Crippen LogP contribution in [-0.2, 0) is 6.18 Å². The van der Waals surface area contributed by atoms with E-state index in [-0.39, 0.29) is 6.04 Å². The molecule has 1 aromatic rings. The molecule has 0 radical (unpaired) electrons. The van der Waals surface area contributed by atoms with Crippen LogP contribution >= 0.6 is 0 Å². The first-order valence-electron chi connectivity index (χ1n) is 4.36. The summed E-state index contributed by atoms with van der Waals surface area (Å²) < 4.78 is 37.0. The maximum absolute atomic E-state index is 12.3. The Bertz CT molecular complexity index is 419. The van der Waals surface area contributed by atoms with E-state index in [0.717, 1.165) is 12.1 Å². The molecule has 1 saturated heterocycles. The molecule has 15 heavy (non-hydrogen) atoms. The van der Waals surface area contributed by atoms with Crippen molar-refractivity contribution in [3.05, 3.63) is 29.8 Å². The van der Waals surface area contributed by atoms with E-state index in [2.05, 4.69) is 0 Å². The van der Waals surface area contributed by atoms with E-state index in [1.54, 1.807) is 11.0 Å². The molecule has 5 heteroatoms. The van der Waals surface area contributed by atoms with Gasteiger partial charge in [0.2, 0.25) is 0 Å². The summed E-state index contributed by atoms with van der Waals surface area (Å²) in [5, 5.41) is 8.55. The lowest BCUT2D eigenvalue weighted by atomic mass is 10.2. The number of alkyl halides is 3. The van der Waals surface area contributed by atoms with Gasteiger partial charge in [-0.3, -0.25) is 0 Å². The van der Waals surface area contributed by atoms with E-state index in [4.69, 9.17) is 5.26 Å². The molecule has 0 N–H and O–H groups in total. The number of anilines is 1. The Hall–Kier alpha value is -1.70. The van der Waals surface area contributed by atoms with Crippen LogP contribution in [0, 0.1) is 11.3 Å². The normalized spacial score (nSPS) is 19.9. The van der Waals surface area contributed by atoms with Gasteiger partial charge < -0.3 is 4.90 Å². The number of nitriles is 1. The molecular formula is C10H7F3N2. The second-order valence-corrected chi connectivity index (χ2v) is 3.35. The zero-order valence-electron chi connectivity index (χ0n) is 7.62. The van der Waals surface area contributed by atoms with Gasteiger partial charge in [-0.1, -0.05) is 6.07 Å². The largest absolute Gasteiger partial charge is 0.416 e. The van der Waals surface area contributed by atoms with Crippen LogP contribution in [0.5, 0.6) is 0 Å². The van der Waals surface area contributed by atoms with Gasteiger partial charge in [0.1, 0.15) is 6.04 Å². The highest BCUT2D eigenvalue weighted by Gasteiger charge is 2.36. The van der Waals surface area contributed by atoms with E-state index in [0.29, 0.717) is 12.2 Å². The number of hydrogen-bond donors (Lipinski definition) is 0. The van der Waals surface area contributed by atoms with Crippen molar-refractivity contribution < 1.29 is 13.2 Å². The summed E-state index contributed by atoms with van der Waals surface area (Å²) in [6.45, 7) is 0.512. The molecule has 1 aliphatic rings. The van der Waals surface area contributed by atoms with Crippen molar-refractivity contribution in [1.29, 1.82) is 5.26 Å². The van der Waals surface area contributed by atoms with Gasteiger partial charge in [-0.2, -0.15) is 18.4 Å². The minimum absolute atomic E-state index is 0.270. The Morgan fingerprint density at radius 3 is 2.67 bits per heavy atom. The summed E-state index contributed by atoms with van der Waals surface area (Å²) in [6.07, 6.45) is -4.33. The number of hydrogen-bond acceptors (Lipinski definition) is 2. The fourth-order valence-electron chi connectivity index (χ4n) is 1.40. The Kier molecular flexibility index (Phi) is 2.07. The predicted octanol–water partition coefficient (Wildman–Crippen LogP) is 2.42. The third kappa shape index (κ3) is 1.89. The summed E-state index contributed by atoms with van der Waals surface area (Å²) in [5.41, 5.74) is -0.222. The van der Waals surface area contributed by atoms with Crippen LogP contribution in [-0.4, -0.2) is 12.6 Å². The van der Waals surface area contributed by atoms with Crippen LogP contribution in [0.4, 0.5) is 18.9 Å². The third-order valence-electron chi connectivity index (χ3n) is 2.27. The van der Waals surface area contributed by atoms with E-state index < -0.39 is 11.7 Å². The van der Waals surface area contributed by atoms with Gasteiger partial charge >= 0.3 is 6.18 Å². The Morgan fingerprint density at radius 2 is 2.13 bits per heavy atom.